The first-order valence-corrected chi connectivity index (χ1v) is 35.7. The summed E-state index contributed by atoms with van der Waals surface area (Å²) in [6.45, 7) is 6.68. The average Bonchev–Trinajstić information content (AvgIpc) is 3.44. The molecule has 78 heavy (non-hydrogen) atoms. The van der Waals surface area contributed by atoms with Gasteiger partial charge in [-0.1, -0.05) is 367 Å². The van der Waals surface area contributed by atoms with E-state index in [-0.39, 0.29) is 31.1 Å². The predicted molar refractivity (Wildman–Crippen MR) is 340 cm³/mol. The summed E-state index contributed by atoms with van der Waals surface area (Å²) >= 11 is 0. The number of ether oxygens (including phenoxy) is 3. The first kappa shape index (κ1) is 76.1. The lowest BCUT2D eigenvalue weighted by atomic mass is 10.0. The maximum atomic E-state index is 12.9. The van der Waals surface area contributed by atoms with Gasteiger partial charge in [-0.25, -0.2) is 0 Å². The van der Waals surface area contributed by atoms with E-state index in [1.165, 1.54) is 308 Å². The van der Waals surface area contributed by atoms with Gasteiger partial charge in [0.1, 0.15) is 13.2 Å². The van der Waals surface area contributed by atoms with Crippen molar-refractivity contribution in [3.63, 3.8) is 0 Å². The molecule has 0 aromatic rings. The van der Waals surface area contributed by atoms with Crippen LogP contribution in [0.3, 0.4) is 0 Å². The van der Waals surface area contributed by atoms with Crippen molar-refractivity contribution in [1.29, 1.82) is 0 Å². The Bertz CT molecular complexity index is 1210. The Hall–Kier alpha value is -1.85. The molecule has 0 fully saturated rings. The lowest BCUT2D eigenvalue weighted by molar-refractivity contribution is -0.167. The van der Waals surface area contributed by atoms with Crippen molar-refractivity contribution in [2.24, 2.45) is 0 Å². The third-order valence-corrected chi connectivity index (χ3v) is 16.5. The van der Waals surface area contributed by atoms with E-state index in [1.54, 1.807) is 0 Å². The normalized spacial score (nSPS) is 12.0. The molecule has 0 aliphatic rings. The molecule has 0 amide bonds. The molecule has 0 aliphatic heterocycles. The van der Waals surface area contributed by atoms with E-state index in [2.05, 4.69) is 32.9 Å². The predicted octanol–water partition coefficient (Wildman–Crippen LogP) is 24.4. The smallest absolute Gasteiger partial charge is 0.306 e. The standard InChI is InChI=1S/C72H138O6/c1-4-7-10-13-16-19-22-24-26-28-29-30-31-32-33-34-35-36-37-38-39-40-41-42-43-44-46-47-50-53-56-59-62-65-71(74)77-68-69(67-76-70(73)64-61-58-55-52-49-21-18-15-12-9-6-3)78-72(75)66-63-60-57-54-51-48-45-27-25-23-20-17-14-11-8-5-2/h15,18,69H,4-14,16-17,19-68H2,1-3H3/b18-15-. The molecule has 0 saturated carbocycles. The third kappa shape index (κ3) is 65.0. The second-order valence-corrected chi connectivity index (χ2v) is 24.5. The van der Waals surface area contributed by atoms with Crippen molar-refractivity contribution >= 4 is 17.9 Å². The Balaban J connectivity index is 4.02. The van der Waals surface area contributed by atoms with Crippen LogP contribution in [0.4, 0.5) is 0 Å². The Morgan fingerprint density at radius 1 is 0.244 bits per heavy atom. The van der Waals surface area contributed by atoms with Gasteiger partial charge >= 0.3 is 17.9 Å². The van der Waals surface area contributed by atoms with Crippen LogP contribution in [-0.4, -0.2) is 37.2 Å². The summed E-state index contributed by atoms with van der Waals surface area (Å²) in [7, 11) is 0. The highest BCUT2D eigenvalue weighted by atomic mass is 16.6. The number of allylic oxidation sites excluding steroid dienone is 2. The van der Waals surface area contributed by atoms with Crippen LogP contribution in [0, 0.1) is 0 Å². The van der Waals surface area contributed by atoms with E-state index >= 15 is 0 Å². The average molecular weight is 1100 g/mol. The van der Waals surface area contributed by atoms with Crippen LogP contribution >= 0.6 is 0 Å². The Kier molecular flexibility index (Phi) is 66.0. The molecule has 1 unspecified atom stereocenters. The monoisotopic (exact) mass is 1100 g/mol. The minimum Gasteiger partial charge on any atom is -0.462 e. The van der Waals surface area contributed by atoms with E-state index in [0.29, 0.717) is 19.3 Å². The van der Waals surface area contributed by atoms with Crippen molar-refractivity contribution in [2.75, 3.05) is 13.2 Å². The molecule has 1 atom stereocenters. The van der Waals surface area contributed by atoms with Crippen LogP contribution in [-0.2, 0) is 28.6 Å². The molecule has 0 rings (SSSR count). The van der Waals surface area contributed by atoms with Gasteiger partial charge in [-0.15, -0.1) is 0 Å². The van der Waals surface area contributed by atoms with Gasteiger partial charge < -0.3 is 14.2 Å². The topological polar surface area (TPSA) is 78.9 Å². The Labute approximate surface area is 488 Å². The zero-order valence-corrected chi connectivity index (χ0v) is 53.2. The molecule has 0 N–H and O–H groups in total. The Morgan fingerprint density at radius 3 is 0.679 bits per heavy atom. The lowest BCUT2D eigenvalue weighted by Crippen LogP contribution is -2.30. The zero-order valence-electron chi connectivity index (χ0n) is 53.2. The van der Waals surface area contributed by atoms with Gasteiger partial charge in [0, 0.05) is 19.3 Å². The molecule has 0 aromatic carbocycles. The second kappa shape index (κ2) is 67.7. The summed E-state index contributed by atoms with van der Waals surface area (Å²) < 4.78 is 16.9. The van der Waals surface area contributed by atoms with E-state index in [0.717, 1.165) is 64.2 Å². The first-order valence-electron chi connectivity index (χ1n) is 35.7. The van der Waals surface area contributed by atoms with Gasteiger partial charge in [0.25, 0.3) is 0 Å². The molecule has 0 aliphatic carbocycles. The van der Waals surface area contributed by atoms with Gasteiger partial charge in [-0.05, 0) is 38.5 Å². The van der Waals surface area contributed by atoms with E-state index < -0.39 is 6.10 Å². The zero-order chi connectivity index (χ0) is 56.4. The summed E-state index contributed by atoms with van der Waals surface area (Å²) in [5.41, 5.74) is 0. The fourth-order valence-electron chi connectivity index (χ4n) is 11.1. The SMILES string of the molecule is CCCC/C=C\CCCCCCCC(=O)OCC(COC(=O)CCCCCCCCCCCCCCCCCCCCCCCCCCCCCCCCCCC)OC(=O)CCCCCCCCCCCCCCCCCC. The van der Waals surface area contributed by atoms with Gasteiger partial charge in [0.05, 0.1) is 0 Å². The number of hydrogen-bond donors (Lipinski definition) is 0. The van der Waals surface area contributed by atoms with E-state index in [9.17, 15) is 14.4 Å². The lowest BCUT2D eigenvalue weighted by Gasteiger charge is -2.18. The van der Waals surface area contributed by atoms with Crippen molar-refractivity contribution in [2.45, 2.75) is 419 Å². The third-order valence-electron chi connectivity index (χ3n) is 16.5. The minimum atomic E-state index is -0.769. The number of unbranched alkanes of at least 4 members (excludes halogenated alkanes) is 54. The van der Waals surface area contributed by atoms with Crippen molar-refractivity contribution in [1.82, 2.24) is 0 Å². The summed E-state index contributed by atoms with van der Waals surface area (Å²) in [6, 6.07) is 0. The molecule has 462 valence electrons. The second-order valence-electron chi connectivity index (χ2n) is 24.5. The van der Waals surface area contributed by atoms with Crippen LogP contribution in [0.2, 0.25) is 0 Å². The summed E-state index contributed by atoms with van der Waals surface area (Å²) in [6.07, 6.45) is 81.3. The largest absolute Gasteiger partial charge is 0.462 e. The van der Waals surface area contributed by atoms with Gasteiger partial charge in [-0.3, -0.25) is 14.4 Å². The van der Waals surface area contributed by atoms with E-state index in [4.69, 9.17) is 14.2 Å². The molecule has 0 spiro atoms. The highest BCUT2D eigenvalue weighted by molar-refractivity contribution is 5.71. The molecule has 0 aromatic heterocycles. The van der Waals surface area contributed by atoms with Crippen molar-refractivity contribution in [3.05, 3.63) is 12.2 Å². The summed E-state index contributed by atoms with van der Waals surface area (Å²) in [5, 5.41) is 0. The van der Waals surface area contributed by atoms with Gasteiger partial charge in [0.2, 0.25) is 0 Å². The van der Waals surface area contributed by atoms with Gasteiger partial charge in [0.15, 0.2) is 6.10 Å². The highest BCUT2D eigenvalue weighted by Gasteiger charge is 2.19. The molecule has 0 radical (unpaired) electrons. The maximum Gasteiger partial charge on any atom is 0.306 e. The molecule has 0 heterocycles. The van der Waals surface area contributed by atoms with Gasteiger partial charge in [-0.2, -0.15) is 0 Å². The number of esters is 3. The molecule has 0 bridgehead atoms. The molecule has 0 saturated heterocycles. The highest BCUT2D eigenvalue weighted by Crippen LogP contribution is 2.19. The molecule has 6 nitrogen and oxygen atoms in total. The summed E-state index contributed by atoms with van der Waals surface area (Å²) in [4.78, 5) is 38.3. The van der Waals surface area contributed by atoms with Crippen LogP contribution < -0.4 is 0 Å². The van der Waals surface area contributed by atoms with Crippen LogP contribution in [0.5, 0.6) is 0 Å². The molecular weight excluding hydrogens is 961 g/mol. The number of carbonyl (C=O) groups excluding carboxylic acids is 3. The summed E-state index contributed by atoms with van der Waals surface area (Å²) in [5.74, 6) is -0.845. The number of hydrogen-bond acceptors (Lipinski definition) is 6. The first-order chi connectivity index (χ1) is 38.5. The molecular formula is C72H138O6. The Morgan fingerprint density at radius 2 is 0.436 bits per heavy atom. The quantitative estimate of drug-likeness (QED) is 0.0261. The van der Waals surface area contributed by atoms with Crippen LogP contribution in [0.1, 0.15) is 412 Å². The van der Waals surface area contributed by atoms with Crippen molar-refractivity contribution < 1.29 is 28.6 Å². The molecule has 6 heteroatoms. The number of rotatable bonds is 67. The maximum absolute atomic E-state index is 12.9. The van der Waals surface area contributed by atoms with Crippen LogP contribution in [0.25, 0.3) is 0 Å². The van der Waals surface area contributed by atoms with Crippen LogP contribution in [0.15, 0.2) is 12.2 Å². The van der Waals surface area contributed by atoms with Crippen molar-refractivity contribution in [3.8, 4) is 0 Å². The number of carbonyl (C=O) groups is 3. The van der Waals surface area contributed by atoms with E-state index in [1.807, 2.05) is 0 Å². The fourth-order valence-corrected chi connectivity index (χ4v) is 11.1. The minimum absolute atomic E-state index is 0.0661. The fraction of sp³-hybridized carbons (Fsp3) is 0.931.